The number of hydrogen-bond donors (Lipinski definition) is 2. The number of carboxylic acids is 1. The van der Waals surface area contributed by atoms with Crippen molar-refractivity contribution in [2.24, 2.45) is 0 Å². The van der Waals surface area contributed by atoms with Crippen molar-refractivity contribution in [2.45, 2.75) is 19.4 Å². The molecule has 82 valence electrons. The highest BCUT2D eigenvalue weighted by Crippen LogP contribution is 2.23. The van der Waals surface area contributed by atoms with Crippen LogP contribution in [-0.2, 0) is 4.79 Å². The van der Waals surface area contributed by atoms with E-state index in [-0.39, 0.29) is 6.42 Å². The Morgan fingerprint density at radius 3 is 2.67 bits per heavy atom. The first-order chi connectivity index (χ1) is 7.04. The molecule has 0 aromatic heterocycles. The summed E-state index contributed by atoms with van der Waals surface area (Å²) in [6.07, 6.45) is -1.25. The van der Waals surface area contributed by atoms with Gasteiger partial charge in [0, 0.05) is 0 Å². The maximum atomic E-state index is 10.4. The van der Waals surface area contributed by atoms with E-state index in [0.29, 0.717) is 5.56 Å². The van der Waals surface area contributed by atoms with Crippen LogP contribution in [0.3, 0.4) is 0 Å². The minimum atomic E-state index is -1.02. The van der Waals surface area contributed by atoms with Gasteiger partial charge in [-0.05, 0) is 30.2 Å². The molecule has 0 amide bonds. The van der Waals surface area contributed by atoms with Gasteiger partial charge in [-0.25, -0.2) is 0 Å². The van der Waals surface area contributed by atoms with E-state index < -0.39 is 12.1 Å². The second-order valence-corrected chi connectivity index (χ2v) is 3.34. The molecule has 2 N–H and O–H groups in total. The highest BCUT2D eigenvalue weighted by atomic mass is 16.5. The molecule has 4 heteroatoms. The lowest BCUT2D eigenvalue weighted by molar-refractivity contribution is -0.139. The zero-order valence-electron chi connectivity index (χ0n) is 8.73. The lowest BCUT2D eigenvalue weighted by Crippen LogP contribution is -2.05. The Morgan fingerprint density at radius 2 is 2.20 bits per heavy atom. The normalized spacial score (nSPS) is 12.2. The first kappa shape index (κ1) is 11.5. The number of aliphatic hydroxyl groups is 1. The van der Waals surface area contributed by atoms with Gasteiger partial charge >= 0.3 is 5.97 Å². The molecule has 0 aliphatic heterocycles. The molecule has 0 bridgehead atoms. The van der Waals surface area contributed by atoms with E-state index in [1.165, 1.54) is 0 Å². The molecular formula is C11H14O4. The summed E-state index contributed by atoms with van der Waals surface area (Å²) in [4.78, 5) is 10.4. The Kier molecular flexibility index (Phi) is 3.68. The topological polar surface area (TPSA) is 66.8 Å². The molecule has 0 saturated carbocycles. The van der Waals surface area contributed by atoms with Crippen LogP contribution in [0.2, 0.25) is 0 Å². The second-order valence-electron chi connectivity index (χ2n) is 3.34. The molecule has 1 unspecified atom stereocenters. The molecule has 0 fully saturated rings. The summed E-state index contributed by atoms with van der Waals surface area (Å²) in [6.45, 7) is 1.84. The Morgan fingerprint density at radius 1 is 1.53 bits per heavy atom. The third-order valence-corrected chi connectivity index (χ3v) is 2.17. The highest BCUT2D eigenvalue weighted by molar-refractivity contribution is 5.67. The molecule has 0 radical (unpaired) electrons. The predicted molar refractivity (Wildman–Crippen MR) is 54.9 cm³/mol. The predicted octanol–water partition coefficient (Wildman–Crippen LogP) is 1.51. The monoisotopic (exact) mass is 210 g/mol. The Labute approximate surface area is 88.1 Å². The van der Waals surface area contributed by atoms with Gasteiger partial charge in [-0.2, -0.15) is 0 Å². The molecule has 0 aliphatic rings. The van der Waals surface area contributed by atoms with Gasteiger partial charge in [-0.3, -0.25) is 4.79 Å². The fourth-order valence-corrected chi connectivity index (χ4v) is 1.39. The molecule has 0 saturated heterocycles. The number of aliphatic carboxylic acids is 1. The smallest absolute Gasteiger partial charge is 0.306 e. The third kappa shape index (κ3) is 2.95. The highest BCUT2D eigenvalue weighted by Gasteiger charge is 2.12. The first-order valence-electron chi connectivity index (χ1n) is 4.59. The van der Waals surface area contributed by atoms with Crippen LogP contribution < -0.4 is 4.74 Å². The summed E-state index contributed by atoms with van der Waals surface area (Å²) in [5.41, 5.74) is 1.47. The largest absolute Gasteiger partial charge is 0.496 e. The lowest BCUT2D eigenvalue weighted by atomic mass is 10.0. The SMILES string of the molecule is COc1ccc(C(O)CC(=O)O)cc1C. The number of rotatable bonds is 4. The van der Waals surface area contributed by atoms with E-state index in [1.807, 2.05) is 6.92 Å². The fourth-order valence-electron chi connectivity index (χ4n) is 1.39. The molecule has 15 heavy (non-hydrogen) atoms. The molecule has 1 aromatic rings. The van der Waals surface area contributed by atoms with Crippen LogP contribution in [0.25, 0.3) is 0 Å². The van der Waals surface area contributed by atoms with Crippen LogP contribution in [0.1, 0.15) is 23.7 Å². The average molecular weight is 210 g/mol. The molecule has 4 nitrogen and oxygen atoms in total. The van der Waals surface area contributed by atoms with Gasteiger partial charge in [0.2, 0.25) is 0 Å². The molecule has 0 spiro atoms. The van der Waals surface area contributed by atoms with Gasteiger partial charge in [-0.1, -0.05) is 6.07 Å². The van der Waals surface area contributed by atoms with Gasteiger partial charge in [-0.15, -0.1) is 0 Å². The number of benzene rings is 1. The zero-order chi connectivity index (χ0) is 11.4. The van der Waals surface area contributed by atoms with Crippen molar-refractivity contribution in [3.05, 3.63) is 29.3 Å². The number of hydrogen-bond acceptors (Lipinski definition) is 3. The molecule has 1 rings (SSSR count). The van der Waals surface area contributed by atoms with Gasteiger partial charge in [0.1, 0.15) is 5.75 Å². The van der Waals surface area contributed by atoms with Crippen molar-refractivity contribution in [2.75, 3.05) is 7.11 Å². The Bertz CT molecular complexity index is 360. The van der Waals surface area contributed by atoms with Crippen molar-refractivity contribution in [1.82, 2.24) is 0 Å². The van der Waals surface area contributed by atoms with Gasteiger partial charge in [0.25, 0.3) is 0 Å². The minimum absolute atomic E-state index is 0.286. The zero-order valence-corrected chi connectivity index (χ0v) is 8.73. The summed E-state index contributed by atoms with van der Waals surface area (Å²) in [5.74, 6) is -0.294. The summed E-state index contributed by atoms with van der Waals surface area (Å²) in [7, 11) is 1.57. The molecule has 0 heterocycles. The van der Waals surface area contributed by atoms with Crippen molar-refractivity contribution in [3.63, 3.8) is 0 Å². The minimum Gasteiger partial charge on any atom is -0.496 e. The van der Waals surface area contributed by atoms with Crippen LogP contribution in [0.4, 0.5) is 0 Å². The molecule has 1 atom stereocenters. The number of aliphatic hydroxyl groups excluding tert-OH is 1. The van der Waals surface area contributed by atoms with Crippen molar-refractivity contribution in [3.8, 4) is 5.75 Å². The van der Waals surface area contributed by atoms with E-state index in [2.05, 4.69) is 0 Å². The van der Waals surface area contributed by atoms with Crippen LogP contribution in [-0.4, -0.2) is 23.3 Å². The van der Waals surface area contributed by atoms with Crippen molar-refractivity contribution < 1.29 is 19.7 Å². The number of ether oxygens (including phenoxy) is 1. The number of methoxy groups -OCH3 is 1. The molecule has 0 aliphatic carbocycles. The summed E-state index contributed by atoms with van der Waals surface area (Å²) in [5, 5.41) is 18.1. The van der Waals surface area contributed by atoms with Crippen LogP contribution in [0.5, 0.6) is 5.75 Å². The second kappa shape index (κ2) is 4.79. The van der Waals surface area contributed by atoms with E-state index in [4.69, 9.17) is 9.84 Å². The molecule has 1 aromatic carbocycles. The van der Waals surface area contributed by atoms with Crippen LogP contribution in [0, 0.1) is 6.92 Å². The van der Waals surface area contributed by atoms with Crippen LogP contribution >= 0.6 is 0 Å². The summed E-state index contributed by atoms with van der Waals surface area (Å²) >= 11 is 0. The quantitative estimate of drug-likeness (QED) is 0.790. The number of carbonyl (C=O) groups is 1. The van der Waals surface area contributed by atoms with E-state index >= 15 is 0 Å². The van der Waals surface area contributed by atoms with Gasteiger partial charge in [0.15, 0.2) is 0 Å². The number of aryl methyl sites for hydroxylation is 1. The maximum Gasteiger partial charge on any atom is 0.306 e. The van der Waals surface area contributed by atoms with Crippen LogP contribution in [0.15, 0.2) is 18.2 Å². The third-order valence-electron chi connectivity index (χ3n) is 2.17. The van der Waals surface area contributed by atoms with E-state index in [0.717, 1.165) is 11.3 Å². The fraction of sp³-hybridized carbons (Fsp3) is 0.364. The first-order valence-corrected chi connectivity index (χ1v) is 4.59. The molecular weight excluding hydrogens is 196 g/mol. The van der Waals surface area contributed by atoms with E-state index in [1.54, 1.807) is 25.3 Å². The lowest BCUT2D eigenvalue weighted by Gasteiger charge is -2.11. The summed E-state index contributed by atoms with van der Waals surface area (Å²) < 4.78 is 5.06. The average Bonchev–Trinajstić information content (AvgIpc) is 2.16. The van der Waals surface area contributed by atoms with Crippen molar-refractivity contribution in [1.29, 1.82) is 0 Å². The van der Waals surface area contributed by atoms with Crippen molar-refractivity contribution >= 4 is 5.97 Å². The maximum absolute atomic E-state index is 10.4. The summed E-state index contributed by atoms with van der Waals surface area (Å²) in [6, 6.07) is 5.11. The Balaban J connectivity index is 2.87. The van der Waals surface area contributed by atoms with E-state index in [9.17, 15) is 9.90 Å². The van der Waals surface area contributed by atoms with Gasteiger partial charge in [0.05, 0.1) is 19.6 Å². The number of carboxylic acid groups (broad SMARTS) is 1. The van der Waals surface area contributed by atoms with Gasteiger partial charge < -0.3 is 14.9 Å². The Hall–Kier alpha value is -1.55. The standard InChI is InChI=1S/C11H14O4/c1-7-5-8(3-4-10(7)15-2)9(12)6-11(13)14/h3-5,9,12H,6H2,1-2H3,(H,13,14).